The number of carbonyl (C=O) groups is 2. The first kappa shape index (κ1) is 19.9. The van der Waals surface area contributed by atoms with Gasteiger partial charge in [-0.15, -0.1) is 0 Å². The van der Waals surface area contributed by atoms with E-state index in [0.717, 1.165) is 11.1 Å². The van der Waals surface area contributed by atoms with Crippen LogP contribution in [0.3, 0.4) is 0 Å². The van der Waals surface area contributed by atoms with Crippen LogP contribution in [0.15, 0.2) is 89.9 Å². The molecule has 0 saturated carbocycles. The molecule has 1 aromatic heterocycles. The molecule has 0 fully saturated rings. The van der Waals surface area contributed by atoms with Crippen molar-refractivity contribution in [2.24, 2.45) is 0 Å². The van der Waals surface area contributed by atoms with Crippen LogP contribution in [0.5, 0.6) is 5.75 Å². The largest absolute Gasteiger partial charge is 0.483 e. The molecule has 1 heterocycles. The maximum Gasteiger partial charge on any atom is 0.276 e. The first-order valence-electron chi connectivity index (χ1n) is 9.60. The second kappa shape index (κ2) is 8.96. The topological polar surface area (TPSA) is 100 Å². The molecule has 0 unspecified atom stereocenters. The number of carbonyl (C=O) groups excluding carboxylic acids is 2. The molecule has 0 aliphatic rings. The number of amides is 2. The van der Waals surface area contributed by atoms with Crippen LogP contribution in [-0.4, -0.2) is 23.4 Å². The second-order valence-electron chi connectivity index (χ2n) is 6.73. The monoisotopic (exact) mass is 413 g/mol. The van der Waals surface area contributed by atoms with Gasteiger partial charge in [0, 0.05) is 22.7 Å². The Morgan fingerprint density at radius 2 is 1.55 bits per heavy atom. The van der Waals surface area contributed by atoms with Gasteiger partial charge < -0.3 is 9.72 Å². The molecule has 3 aromatic carbocycles. The number of H-pyrrole nitrogens is 1. The lowest BCUT2D eigenvalue weighted by atomic mass is 10.1. The highest BCUT2D eigenvalue weighted by Gasteiger charge is 2.14. The van der Waals surface area contributed by atoms with E-state index in [1.54, 1.807) is 30.3 Å². The SMILES string of the molecule is O=C(COc1ccccc1-c1ccccc1)NNC(=O)c1c[nH]c2ccccc2c1=O. The summed E-state index contributed by atoms with van der Waals surface area (Å²) in [5, 5.41) is 0.391. The minimum Gasteiger partial charge on any atom is -0.483 e. The third-order valence-electron chi connectivity index (χ3n) is 4.68. The molecule has 7 heteroatoms. The van der Waals surface area contributed by atoms with Gasteiger partial charge in [0.25, 0.3) is 11.8 Å². The van der Waals surface area contributed by atoms with Gasteiger partial charge in [0.1, 0.15) is 11.3 Å². The van der Waals surface area contributed by atoms with E-state index in [1.807, 2.05) is 48.5 Å². The van der Waals surface area contributed by atoms with E-state index in [0.29, 0.717) is 16.7 Å². The summed E-state index contributed by atoms with van der Waals surface area (Å²) in [6.07, 6.45) is 1.32. The zero-order valence-electron chi connectivity index (χ0n) is 16.4. The average molecular weight is 413 g/mol. The van der Waals surface area contributed by atoms with Gasteiger partial charge in [-0.1, -0.05) is 60.7 Å². The van der Waals surface area contributed by atoms with Crippen LogP contribution in [0.25, 0.3) is 22.0 Å². The van der Waals surface area contributed by atoms with E-state index in [9.17, 15) is 14.4 Å². The summed E-state index contributed by atoms with van der Waals surface area (Å²) in [6.45, 7) is -0.307. The number of aromatic nitrogens is 1. The fraction of sp³-hybridized carbons (Fsp3) is 0.0417. The van der Waals surface area contributed by atoms with Crippen molar-refractivity contribution in [2.75, 3.05) is 6.61 Å². The van der Waals surface area contributed by atoms with Gasteiger partial charge in [0.05, 0.1) is 0 Å². The minimum atomic E-state index is -0.718. The summed E-state index contributed by atoms with van der Waals surface area (Å²) in [6, 6.07) is 23.9. The third kappa shape index (κ3) is 4.45. The predicted octanol–water partition coefficient (Wildman–Crippen LogP) is 3.04. The van der Waals surface area contributed by atoms with Crippen LogP contribution in [0.2, 0.25) is 0 Å². The molecule has 4 rings (SSSR count). The van der Waals surface area contributed by atoms with Crippen molar-refractivity contribution in [3.63, 3.8) is 0 Å². The van der Waals surface area contributed by atoms with Crippen LogP contribution in [0, 0.1) is 0 Å². The van der Waals surface area contributed by atoms with Crippen LogP contribution < -0.4 is 21.0 Å². The Bertz CT molecular complexity index is 1300. The van der Waals surface area contributed by atoms with E-state index in [-0.39, 0.29) is 12.2 Å². The van der Waals surface area contributed by atoms with E-state index >= 15 is 0 Å². The molecule has 154 valence electrons. The van der Waals surface area contributed by atoms with E-state index < -0.39 is 17.2 Å². The summed E-state index contributed by atoms with van der Waals surface area (Å²) in [7, 11) is 0. The number of rotatable bonds is 5. The number of aromatic amines is 1. The summed E-state index contributed by atoms with van der Waals surface area (Å²) >= 11 is 0. The fourth-order valence-corrected chi connectivity index (χ4v) is 3.16. The Morgan fingerprint density at radius 3 is 2.39 bits per heavy atom. The van der Waals surface area contributed by atoms with Gasteiger partial charge in [0.15, 0.2) is 6.61 Å². The molecule has 31 heavy (non-hydrogen) atoms. The maximum absolute atomic E-state index is 12.5. The van der Waals surface area contributed by atoms with Gasteiger partial charge in [0.2, 0.25) is 5.43 Å². The lowest BCUT2D eigenvalue weighted by Crippen LogP contribution is -2.45. The molecular formula is C24H19N3O4. The van der Waals surface area contributed by atoms with Crippen molar-refractivity contribution in [1.82, 2.24) is 15.8 Å². The normalized spacial score (nSPS) is 10.5. The van der Waals surface area contributed by atoms with Crippen LogP contribution in [0.4, 0.5) is 0 Å². The molecule has 0 spiro atoms. The summed E-state index contributed by atoms with van der Waals surface area (Å²) < 4.78 is 5.64. The number of benzene rings is 3. The molecule has 0 radical (unpaired) electrons. The summed E-state index contributed by atoms with van der Waals surface area (Å²) in [4.78, 5) is 39.9. The number of pyridine rings is 1. The zero-order chi connectivity index (χ0) is 21.6. The van der Waals surface area contributed by atoms with Crippen molar-refractivity contribution in [2.45, 2.75) is 0 Å². The number of ether oxygens (including phenoxy) is 1. The molecule has 2 amide bonds. The quantitative estimate of drug-likeness (QED) is 0.438. The molecule has 0 aliphatic heterocycles. The highest BCUT2D eigenvalue weighted by atomic mass is 16.5. The standard InChI is InChI=1S/C24H19N3O4/c28-22(15-31-21-13-7-5-10-17(21)16-8-2-1-3-9-16)26-27-24(30)19-14-25-20-12-6-4-11-18(20)23(19)29/h1-14H,15H2,(H,25,29)(H,26,28)(H,27,30). The van der Waals surface area contributed by atoms with Crippen LogP contribution in [0.1, 0.15) is 10.4 Å². The van der Waals surface area contributed by atoms with Gasteiger partial charge >= 0.3 is 0 Å². The minimum absolute atomic E-state index is 0.102. The number of fused-ring (bicyclic) bond motifs is 1. The van der Waals surface area contributed by atoms with E-state index in [2.05, 4.69) is 15.8 Å². The van der Waals surface area contributed by atoms with Gasteiger partial charge in [-0.05, 0) is 23.8 Å². The Morgan fingerprint density at radius 1 is 0.839 bits per heavy atom. The fourth-order valence-electron chi connectivity index (χ4n) is 3.16. The van der Waals surface area contributed by atoms with Crippen molar-refractivity contribution in [3.05, 3.63) is 101 Å². The second-order valence-corrected chi connectivity index (χ2v) is 6.73. The van der Waals surface area contributed by atoms with Crippen molar-refractivity contribution in [3.8, 4) is 16.9 Å². The van der Waals surface area contributed by atoms with Crippen molar-refractivity contribution >= 4 is 22.7 Å². The lowest BCUT2D eigenvalue weighted by molar-refractivity contribution is -0.123. The van der Waals surface area contributed by atoms with Gasteiger partial charge in [-0.3, -0.25) is 25.2 Å². The molecule has 0 saturated heterocycles. The van der Waals surface area contributed by atoms with Gasteiger partial charge in [-0.2, -0.15) is 0 Å². The molecule has 0 atom stereocenters. The highest BCUT2D eigenvalue weighted by molar-refractivity contribution is 5.98. The molecule has 7 nitrogen and oxygen atoms in total. The highest BCUT2D eigenvalue weighted by Crippen LogP contribution is 2.29. The maximum atomic E-state index is 12.5. The number of nitrogens with one attached hydrogen (secondary N) is 3. The van der Waals surface area contributed by atoms with Crippen LogP contribution in [-0.2, 0) is 4.79 Å². The number of hydrogen-bond donors (Lipinski definition) is 3. The first-order chi connectivity index (χ1) is 15.1. The lowest BCUT2D eigenvalue weighted by Gasteiger charge is -2.12. The van der Waals surface area contributed by atoms with Crippen molar-refractivity contribution < 1.29 is 14.3 Å². The Balaban J connectivity index is 1.38. The average Bonchev–Trinajstić information content (AvgIpc) is 2.82. The molecular weight excluding hydrogens is 394 g/mol. The van der Waals surface area contributed by atoms with Crippen LogP contribution >= 0.6 is 0 Å². The third-order valence-corrected chi connectivity index (χ3v) is 4.68. The molecule has 4 aromatic rings. The Labute approximate surface area is 177 Å². The summed E-state index contributed by atoms with van der Waals surface area (Å²) in [5.74, 6) is -0.736. The predicted molar refractivity (Wildman–Crippen MR) is 118 cm³/mol. The Kier molecular flexibility index (Phi) is 5.75. The number of hydrazine groups is 1. The number of para-hydroxylation sites is 2. The molecule has 0 bridgehead atoms. The van der Waals surface area contributed by atoms with E-state index in [1.165, 1.54) is 6.20 Å². The molecule has 3 N–H and O–H groups in total. The number of hydrogen-bond acceptors (Lipinski definition) is 4. The Hall–Kier alpha value is -4.39. The first-order valence-corrected chi connectivity index (χ1v) is 9.60. The van der Waals surface area contributed by atoms with Gasteiger partial charge in [-0.25, -0.2) is 0 Å². The van der Waals surface area contributed by atoms with E-state index in [4.69, 9.17) is 4.74 Å². The zero-order valence-corrected chi connectivity index (χ0v) is 16.4. The van der Waals surface area contributed by atoms with Crippen molar-refractivity contribution in [1.29, 1.82) is 0 Å². The summed E-state index contributed by atoms with van der Waals surface area (Å²) in [5.41, 5.74) is 6.43. The molecule has 0 aliphatic carbocycles. The smallest absolute Gasteiger partial charge is 0.276 e.